The summed E-state index contributed by atoms with van der Waals surface area (Å²) in [5.74, 6) is 1.72. The minimum atomic E-state index is 0. The maximum Gasteiger partial charge on any atom is 0.220 e. The van der Waals surface area contributed by atoms with Crippen LogP contribution in [0.15, 0.2) is 4.99 Å². The molecule has 7 nitrogen and oxygen atoms in total. The van der Waals surface area contributed by atoms with Gasteiger partial charge in [-0.15, -0.1) is 24.0 Å². The van der Waals surface area contributed by atoms with Crippen LogP contribution < -0.4 is 10.6 Å². The first kappa shape index (κ1) is 21.7. The fraction of sp³-hybridized carbons (Fsp3) is 0.889. The van der Waals surface area contributed by atoms with Crippen molar-refractivity contribution in [3.63, 3.8) is 0 Å². The number of nitrogens with one attached hydrogen (secondary N) is 2. The number of guanidine groups is 1. The van der Waals surface area contributed by atoms with Gasteiger partial charge in [-0.3, -0.25) is 19.6 Å². The molecule has 4 fully saturated rings. The molecule has 4 heterocycles. The zero-order valence-electron chi connectivity index (χ0n) is 16.2. The van der Waals surface area contributed by atoms with Crippen LogP contribution in [0.1, 0.15) is 26.2 Å². The molecule has 8 heteroatoms. The minimum Gasteiger partial charge on any atom is -0.359 e. The predicted octanol–water partition coefficient (Wildman–Crippen LogP) is 0.418. The Hall–Kier alpha value is -0.610. The standard InChI is InChI=1S/C18H34N6O.HI/c1-3-20-18(21-13-16-14-22-8-10-23(16)11-9-22)24-6-4-15(5-7-24)12-17(25)19-2;/h15-16H,3-14H2,1-2H3,(H,19,25)(H,20,21);1H. The van der Waals surface area contributed by atoms with Gasteiger partial charge in [-0.1, -0.05) is 0 Å². The average molecular weight is 478 g/mol. The van der Waals surface area contributed by atoms with E-state index in [9.17, 15) is 4.79 Å². The lowest BCUT2D eigenvalue weighted by Gasteiger charge is -2.47. The first-order chi connectivity index (χ1) is 12.2. The second-order valence-electron chi connectivity index (χ2n) is 7.49. The third kappa shape index (κ3) is 5.69. The summed E-state index contributed by atoms with van der Waals surface area (Å²) in [5, 5.41) is 6.21. The van der Waals surface area contributed by atoms with Crippen molar-refractivity contribution in [1.82, 2.24) is 25.3 Å². The van der Waals surface area contributed by atoms with Crippen molar-refractivity contribution in [1.29, 1.82) is 0 Å². The fourth-order valence-electron chi connectivity index (χ4n) is 4.23. The molecule has 1 amide bonds. The van der Waals surface area contributed by atoms with Crippen LogP contribution in [0.3, 0.4) is 0 Å². The molecule has 0 saturated carbocycles. The molecule has 0 radical (unpaired) electrons. The van der Waals surface area contributed by atoms with Crippen LogP contribution in [0.5, 0.6) is 0 Å². The van der Waals surface area contributed by atoms with E-state index in [1.54, 1.807) is 7.05 Å². The Kier molecular flexibility index (Phi) is 8.89. The molecular formula is C18H35IN6O. The van der Waals surface area contributed by atoms with Crippen LogP contribution in [0.25, 0.3) is 0 Å². The zero-order valence-corrected chi connectivity index (χ0v) is 18.6. The number of likely N-dealkylation sites (tertiary alicyclic amines) is 1. The fourth-order valence-corrected chi connectivity index (χ4v) is 4.23. The van der Waals surface area contributed by atoms with Crippen LogP contribution in [-0.4, -0.2) is 98.6 Å². The molecule has 1 unspecified atom stereocenters. The van der Waals surface area contributed by atoms with Crippen LogP contribution in [0, 0.1) is 5.92 Å². The monoisotopic (exact) mass is 478 g/mol. The third-order valence-electron chi connectivity index (χ3n) is 5.85. The molecule has 26 heavy (non-hydrogen) atoms. The van der Waals surface area contributed by atoms with Gasteiger partial charge in [0.2, 0.25) is 5.91 Å². The quantitative estimate of drug-likeness (QED) is 0.341. The van der Waals surface area contributed by atoms with Gasteiger partial charge in [-0.05, 0) is 25.7 Å². The average Bonchev–Trinajstić information content (AvgIpc) is 2.66. The summed E-state index contributed by atoms with van der Waals surface area (Å²) in [6, 6.07) is 0.571. The molecule has 4 saturated heterocycles. The number of nitrogens with zero attached hydrogens (tertiary/aromatic N) is 4. The highest BCUT2D eigenvalue weighted by Gasteiger charge is 2.31. The van der Waals surface area contributed by atoms with Gasteiger partial charge in [0, 0.05) is 71.9 Å². The molecule has 4 aliphatic rings. The Morgan fingerprint density at radius 2 is 1.81 bits per heavy atom. The normalized spacial score (nSPS) is 29.2. The summed E-state index contributed by atoms with van der Waals surface area (Å²) >= 11 is 0. The van der Waals surface area contributed by atoms with Crippen molar-refractivity contribution >= 4 is 35.8 Å². The second-order valence-corrected chi connectivity index (χ2v) is 7.49. The summed E-state index contributed by atoms with van der Waals surface area (Å²) in [5.41, 5.74) is 0. The number of halogens is 1. The molecule has 0 aromatic heterocycles. The van der Waals surface area contributed by atoms with Crippen LogP contribution in [0.2, 0.25) is 0 Å². The maximum absolute atomic E-state index is 11.6. The molecule has 0 aliphatic carbocycles. The summed E-state index contributed by atoms with van der Waals surface area (Å²) in [6.07, 6.45) is 2.80. The van der Waals surface area contributed by atoms with E-state index >= 15 is 0 Å². The molecule has 150 valence electrons. The van der Waals surface area contributed by atoms with Gasteiger partial charge in [0.05, 0.1) is 6.54 Å². The molecule has 0 aromatic rings. The number of piperazine rings is 3. The lowest BCUT2D eigenvalue weighted by atomic mass is 9.93. The van der Waals surface area contributed by atoms with Crippen molar-refractivity contribution in [2.75, 3.05) is 66.0 Å². The highest BCUT2D eigenvalue weighted by molar-refractivity contribution is 14.0. The molecular weight excluding hydrogens is 443 g/mol. The largest absolute Gasteiger partial charge is 0.359 e. The van der Waals surface area contributed by atoms with E-state index in [1.165, 1.54) is 26.2 Å². The molecule has 0 aromatic carbocycles. The van der Waals surface area contributed by atoms with Gasteiger partial charge in [0.25, 0.3) is 0 Å². The van der Waals surface area contributed by atoms with Crippen LogP contribution in [-0.2, 0) is 4.79 Å². The van der Waals surface area contributed by atoms with E-state index in [1.807, 2.05) is 0 Å². The lowest BCUT2D eigenvalue weighted by molar-refractivity contribution is -0.121. The Balaban J connectivity index is 0.00000243. The summed E-state index contributed by atoms with van der Waals surface area (Å²) in [4.78, 5) is 24.1. The highest BCUT2D eigenvalue weighted by atomic mass is 127. The summed E-state index contributed by atoms with van der Waals surface area (Å²) < 4.78 is 0. The first-order valence-corrected chi connectivity index (χ1v) is 9.89. The second kappa shape index (κ2) is 10.7. The van der Waals surface area contributed by atoms with E-state index in [2.05, 4.69) is 32.3 Å². The van der Waals surface area contributed by atoms with Gasteiger partial charge in [-0.25, -0.2) is 0 Å². The Labute approximate surface area is 175 Å². The maximum atomic E-state index is 11.6. The van der Waals surface area contributed by atoms with Crippen molar-refractivity contribution in [3.8, 4) is 0 Å². The molecule has 2 N–H and O–H groups in total. The number of amides is 1. The topological polar surface area (TPSA) is 63.2 Å². The Morgan fingerprint density at radius 3 is 2.35 bits per heavy atom. The number of hydrogen-bond donors (Lipinski definition) is 2. The molecule has 0 spiro atoms. The number of rotatable bonds is 5. The Bertz CT molecular complexity index is 472. The van der Waals surface area contributed by atoms with E-state index in [-0.39, 0.29) is 29.9 Å². The smallest absolute Gasteiger partial charge is 0.220 e. The predicted molar refractivity (Wildman–Crippen MR) is 116 cm³/mol. The van der Waals surface area contributed by atoms with Gasteiger partial charge in [0.1, 0.15) is 0 Å². The van der Waals surface area contributed by atoms with Crippen molar-refractivity contribution in [3.05, 3.63) is 0 Å². The number of hydrogen-bond acceptors (Lipinski definition) is 4. The number of carbonyl (C=O) groups excluding carboxylic acids is 1. The van der Waals surface area contributed by atoms with E-state index in [0.717, 1.165) is 51.5 Å². The SMILES string of the molecule is CCNC(=NCC1CN2CCN1CC2)N1CCC(CC(=O)NC)CC1.I. The Morgan fingerprint density at radius 1 is 1.12 bits per heavy atom. The van der Waals surface area contributed by atoms with E-state index < -0.39 is 0 Å². The number of carbonyl (C=O) groups is 1. The minimum absolute atomic E-state index is 0. The number of aliphatic imine (C=N–C) groups is 1. The van der Waals surface area contributed by atoms with E-state index in [0.29, 0.717) is 18.4 Å². The van der Waals surface area contributed by atoms with Crippen molar-refractivity contribution in [2.24, 2.45) is 10.9 Å². The molecule has 4 rings (SSSR count). The summed E-state index contributed by atoms with van der Waals surface area (Å²) in [6.45, 7) is 11.9. The van der Waals surface area contributed by atoms with Gasteiger partial charge < -0.3 is 15.5 Å². The van der Waals surface area contributed by atoms with Crippen LogP contribution >= 0.6 is 24.0 Å². The number of piperidine rings is 1. The van der Waals surface area contributed by atoms with Gasteiger partial charge >= 0.3 is 0 Å². The third-order valence-corrected chi connectivity index (χ3v) is 5.85. The molecule has 4 aliphatic heterocycles. The summed E-state index contributed by atoms with van der Waals surface area (Å²) in [7, 11) is 1.72. The lowest BCUT2D eigenvalue weighted by Crippen LogP contribution is -2.62. The zero-order chi connectivity index (χ0) is 17.6. The van der Waals surface area contributed by atoms with Gasteiger partial charge in [0.15, 0.2) is 5.96 Å². The molecule has 2 bridgehead atoms. The number of fused-ring (bicyclic) bond motifs is 3. The highest BCUT2D eigenvalue weighted by Crippen LogP contribution is 2.21. The van der Waals surface area contributed by atoms with Gasteiger partial charge in [-0.2, -0.15) is 0 Å². The van der Waals surface area contributed by atoms with E-state index in [4.69, 9.17) is 4.99 Å². The molecule has 1 atom stereocenters. The van der Waals surface area contributed by atoms with Crippen LogP contribution in [0.4, 0.5) is 0 Å². The van der Waals surface area contributed by atoms with Crippen molar-refractivity contribution in [2.45, 2.75) is 32.2 Å². The first-order valence-electron chi connectivity index (χ1n) is 9.89. The van der Waals surface area contributed by atoms with Crippen molar-refractivity contribution < 1.29 is 4.79 Å².